The molecule has 1 unspecified atom stereocenters. The van der Waals surface area contributed by atoms with Crippen molar-refractivity contribution in [2.45, 2.75) is 13.0 Å². The molecule has 2 aromatic carbocycles. The van der Waals surface area contributed by atoms with Gasteiger partial charge < -0.3 is 5.11 Å². The third-order valence-electron chi connectivity index (χ3n) is 2.86. The number of aliphatic hydroxyl groups excluding tert-OH is 1. The summed E-state index contributed by atoms with van der Waals surface area (Å²) >= 11 is 8.92. The minimum atomic E-state index is -1.41. The molecule has 0 spiro atoms. The smallest absolute Gasteiger partial charge is 0.146 e. The second-order valence-corrected chi connectivity index (χ2v) is 5.43. The first-order valence-electron chi connectivity index (χ1n) is 5.49. The predicted molar refractivity (Wildman–Crippen MR) is 74.3 cm³/mol. The second-order valence-electron chi connectivity index (χ2n) is 4.17. The van der Waals surface area contributed by atoms with Gasteiger partial charge >= 0.3 is 0 Å². The van der Waals surface area contributed by atoms with Crippen molar-refractivity contribution >= 4 is 27.5 Å². The van der Waals surface area contributed by atoms with Crippen molar-refractivity contribution in [1.29, 1.82) is 0 Å². The molecule has 2 rings (SSSR count). The zero-order valence-electron chi connectivity index (χ0n) is 9.92. The molecular formula is C14H10BrClF2O. The van der Waals surface area contributed by atoms with Crippen LogP contribution in [0.25, 0.3) is 0 Å². The Morgan fingerprint density at radius 3 is 2.53 bits per heavy atom. The normalized spacial score (nSPS) is 12.5. The molecule has 0 saturated carbocycles. The molecule has 1 N–H and O–H groups in total. The predicted octanol–water partition coefficient (Wildman–Crippen LogP) is 4.77. The minimum Gasteiger partial charge on any atom is -0.383 e. The van der Waals surface area contributed by atoms with Gasteiger partial charge in [-0.1, -0.05) is 23.7 Å². The van der Waals surface area contributed by atoms with E-state index in [1.807, 2.05) is 0 Å². The van der Waals surface area contributed by atoms with Crippen molar-refractivity contribution in [2.24, 2.45) is 0 Å². The summed E-state index contributed by atoms with van der Waals surface area (Å²) < 4.78 is 27.7. The summed E-state index contributed by atoms with van der Waals surface area (Å²) in [7, 11) is 0. The van der Waals surface area contributed by atoms with Crippen molar-refractivity contribution in [3.63, 3.8) is 0 Å². The molecule has 0 saturated heterocycles. The maximum atomic E-state index is 13.9. The van der Waals surface area contributed by atoms with Crippen LogP contribution in [0.2, 0.25) is 5.02 Å². The largest absolute Gasteiger partial charge is 0.383 e. The third-order valence-corrected chi connectivity index (χ3v) is 3.88. The highest BCUT2D eigenvalue weighted by atomic mass is 79.9. The molecule has 0 radical (unpaired) electrons. The van der Waals surface area contributed by atoms with Crippen LogP contribution in [0.1, 0.15) is 22.8 Å². The first kappa shape index (κ1) is 14.4. The number of hydrogen-bond acceptors (Lipinski definition) is 1. The van der Waals surface area contributed by atoms with E-state index in [1.54, 1.807) is 19.1 Å². The molecule has 0 aliphatic rings. The number of aryl methyl sites for hydroxylation is 1. The molecule has 19 heavy (non-hydrogen) atoms. The van der Waals surface area contributed by atoms with Crippen LogP contribution in [0.3, 0.4) is 0 Å². The number of rotatable bonds is 2. The topological polar surface area (TPSA) is 20.2 Å². The van der Waals surface area contributed by atoms with Gasteiger partial charge in [-0.3, -0.25) is 0 Å². The van der Waals surface area contributed by atoms with E-state index in [-0.39, 0.29) is 4.47 Å². The number of hydrogen-bond donors (Lipinski definition) is 1. The molecule has 0 heterocycles. The van der Waals surface area contributed by atoms with Gasteiger partial charge in [-0.2, -0.15) is 0 Å². The van der Waals surface area contributed by atoms with Gasteiger partial charge in [0.05, 0.1) is 10.0 Å². The summed E-state index contributed by atoms with van der Waals surface area (Å²) in [5.74, 6) is -1.62. The quantitative estimate of drug-likeness (QED) is 0.776. The van der Waals surface area contributed by atoms with E-state index < -0.39 is 23.3 Å². The maximum Gasteiger partial charge on any atom is 0.146 e. The van der Waals surface area contributed by atoms with Crippen molar-refractivity contribution in [1.82, 2.24) is 0 Å². The molecule has 1 nitrogen and oxygen atoms in total. The highest BCUT2D eigenvalue weighted by Gasteiger charge is 2.22. The van der Waals surface area contributed by atoms with E-state index in [0.29, 0.717) is 10.6 Å². The van der Waals surface area contributed by atoms with E-state index in [2.05, 4.69) is 15.9 Å². The van der Waals surface area contributed by atoms with Crippen LogP contribution in [0.5, 0.6) is 0 Å². The van der Waals surface area contributed by atoms with Gasteiger partial charge in [-0.15, -0.1) is 0 Å². The van der Waals surface area contributed by atoms with Crippen LogP contribution >= 0.6 is 27.5 Å². The second kappa shape index (κ2) is 5.57. The lowest BCUT2D eigenvalue weighted by Crippen LogP contribution is -2.06. The Kier molecular flexibility index (Phi) is 4.23. The molecule has 0 amide bonds. The van der Waals surface area contributed by atoms with Gasteiger partial charge in [0.1, 0.15) is 17.7 Å². The lowest BCUT2D eigenvalue weighted by molar-refractivity contribution is 0.209. The summed E-state index contributed by atoms with van der Waals surface area (Å²) in [5.41, 5.74) is 0.772. The summed E-state index contributed by atoms with van der Waals surface area (Å²) in [6.07, 6.45) is -1.41. The number of halogens is 4. The monoisotopic (exact) mass is 346 g/mol. The molecule has 1 atom stereocenters. The maximum absolute atomic E-state index is 13.9. The lowest BCUT2D eigenvalue weighted by Gasteiger charge is -2.15. The average molecular weight is 348 g/mol. The summed E-state index contributed by atoms with van der Waals surface area (Å²) in [5, 5.41) is 10.6. The molecule has 0 bridgehead atoms. The van der Waals surface area contributed by atoms with Crippen LogP contribution in [0.15, 0.2) is 34.8 Å². The molecule has 0 fully saturated rings. The minimum absolute atomic E-state index is 0.0983. The van der Waals surface area contributed by atoms with Crippen LogP contribution in [-0.4, -0.2) is 5.11 Å². The zero-order chi connectivity index (χ0) is 14.2. The fourth-order valence-corrected chi connectivity index (χ4v) is 2.27. The molecule has 0 aromatic heterocycles. The highest BCUT2D eigenvalue weighted by Crippen LogP contribution is 2.32. The van der Waals surface area contributed by atoms with Crippen molar-refractivity contribution in [3.8, 4) is 0 Å². The molecular weight excluding hydrogens is 338 g/mol. The fourth-order valence-electron chi connectivity index (χ4n) is 1.74. The molecule has 5 heteroatoms. The van der Waals surface area contributed by atoms with Crippen molar-refractivity contribution in [3.05, 3.63) is 68.2 Å². The van der Waals surface area contributed by atoms with E-state index >= 15 is 0 Å². The molecule has 100 valence electrons. The van der Waals surface area contributed by atoms with Crippen LogP contribution < -0.4 is 0 Å². The van der Waals surface area contributed by atoms with Crippen LogP contribution in [0.4, 0.5) is 8.78 Å². The summed E-state index contributed by atoms with van der Waals surface area (Å²) in [6.45, 7) is 1.80. The van der Waals surface area contributed by atoms with Gasteiger partial charge in [0.15, 0.2) is 0 Å². The third kappa shape index (κ3) is 2.81. The highest BCUT2D eigenvalue weighted by molar-refractivity contribution is 9.10. The molecule has 0 aliphatic heterocycles. The van der Waals surface area contributed by atoms with Crippen molar-refractivity contribution < 1.29 is 13.9 Å². The van der Waals surface area contributed by atoms with Crippen LogP contribution in [-0.2, 0) is 0 Å². The van der Waals surface area contributed by atoms with Gasteiger partial charge in [0.2, 0.25) is 0 Å². The Labute approximate surface area is 123 Å². The van der Waals surface area contributed by atoms with E-state index in [4.69, 9.17) is 11.6 Å². The van der Waals surface area contributed by atoms with Gasteiger partial charge in [0, 0.05) is 5.02 Å². The first-order valence-corrected chi connectivity index (χ1v) is 6.66. The number of aliphatic hydroxyl groups is 1. The Hall–Kier alpha value is -0.970. The Balaban J connectivity index is 2.52. The zero-order valence-corrected chi connectivity index (χ0v) is 12.3. The first-order chi connectivity index (χ1) is 8.91. The van der Waals surface area contributed by atoms with Crippen molar-refractivity contribution in [2.75, 3.05) is 0 Å². The standard InChI is InChI=1S/C14H10BrClF2O/c1-7-2-3-8(6-10(7)16)14(19)12-11(17)5-4-9(15)13(12)18/h2-6,14,19H,1H3. The SMILES string of the molecule is Cc1ccc(C(O)c2c(F)ccc(Br)c2F)cc1Cl. The van der Waals surface area contributed by atoms with Gasteiger partial charge in [0.25, 0.3) is 0 Å². The summed E-state index contributed by atoms with van der Waals surface area (Å²) in [4.78, 5) is 0. The van der Waals surface area contributed by atoms with Gasteiger partial charge in [-0.25, -0.2) is 8.78 Å². The Morgan fingerprint density at radius 2 is 1.89 bits per heavy atom. The van der Waals surface area contributed by atoms with Crippen LogP contribution in [0, 0.1) is 18.6 Å². The van der Waals surface area contributed by atoms with E-state index in [1.165, 1.54) is 12.1 Å². The Bertz CT molecular complexity index is 631. The van der Waals surface area contributed by atoms with E-state index in [0.717, 1.165) is 11.6 Å². The lowest BCUT2D eigenvalue weighted by atomic mass is 9.99. The van der Waals surface area contributed by atoms with E-state index in [9.17, 15) is 13.9 Å². The average Bonchev–Trinajstić information content (AvgIpc) is 2.37. The summed E-state index contributed by atoms with van der Waals surface area (Å²) in [6, 6.07) is 7.13. The Morgan fingerprint density at radius 1 is 1.21 bits per heavy atom. The number of benzene rings is 2. The molecule has 2 aromatic rings. The fraction of sp³-hybridized carbons (Fsp3) is 0.143. The van der Waals surface area contributed by atoms with Gasteiger partial charge in [-0.05, 0) is 52.2 Å². The molecule has 0 aliphatic carbocycles.